The summed E-state index contributed by atoms with van der Waals surface area (Å²) >= 11 is 6.44. The molecule has 1 fully saturated rings. The first kappa shape index (κ1) is 24.4. The highest BCUT2D eigenvalue weighted by molar-refractivity contribution is 6.33. The molecule has 2 aliphatic heterocycles. The van der Waals surface area contributed by atoms with E-state index in [0.717, 1.165) is 25.0 Å². The van der Waals surface area contributed by atoms with E-state index in [1.54, 1.807) is 0 Å². The molecule has 190 valence electrons. The summed E-state index contributed by atoms with van der Waals surface area (Å²) in [5.74, 6) is -0.790. The molecule has 8 nitrogen and oxygen atoms in total. The lowest BCUT2D eigenvalue weighted by Gasteiger charge is -2.31. The number of hydrogen-bond donors (Lipinski definition) is 1. The number of halogens is 5. The molecule has 13 heteroatoms. The van der Waals surface area contributed by atoms with E-state index < -0.39 is 29.3 Å². The van der Waals surface area contributed by atoms with Gasteiger partial charge in [-0.3, -0.25) is 4.79 Å². The Kier molecular flexibility index (Phi) is 6.56. The molecule has 0 spiro atoms. The van der Waals surface area contributed by atoms with Gasteiger partial charge in [0.25, 0.3) is 5.56 Å². The van der Waals surface area contributed by atoms with Gasteiger partial charge >= 0.3 is 6.18 Å². The van der Waals surface area contributed by atoms with Crippen LogP contribution in [-0.4, -0.2) is 32.9 Å². The summed E-state index contributed by atoms with van der Waals surface area (Å²) in [6, 6.07) is 2.41. The van der Waals surface area contributed by atoms with Crippen LogP contribution in [0.3, 0.4) is 0 Å². The third kappa shape index (κ3) is 4.74. The maximum absolute atomic E-state index is 13.5. The number of alkyl halides is 3. The third-order valence-corrected chi connectivity index (χ3v) is 6.60. The Bertz CT molecular complexity index is 1340. The molecule has 0 bridgehead atoms. The van der Waals surface area contributed by atoms with E-state index in [2.05, 4.69) is 20.4 Å². The van der Waals surface area contributed by atoms with E-state index in [-0.39, 0.29) is 23.1 Å². The van der Waals surface area contributed by atoms with Crippen molar-refractivity contribution in [3.8, 4) is 0 Å². The van der Waals surface area contributed by atoms with Crippen LogP contribution in [0.4, 0.5) is 34.8 Å². The molecule has 3 aromatic rings. The molecule has 1 N–H and O–H groups in total. The van der Waals surface area contributed by atoms with Gasteiger partial charge in [0.1, 0.15) is 23.0 Å². The number of nitrogens with zero attached hydrogens (tertiary/aromatic N) is 5. The van der Waals surface area contributed by atoms with E-state index in [0.29, 0.717) is 49.0 Å². The normalized spacial score (nSPS) is 18.1. The zero-order chi connectivity index (χ0) is 25.4. The molecule has 0 aliphatic carbocycles. The lowest BCUT2D eigenvalue weighted by atomic mass is 10.0. The second kappa shape index (κ2) is 9.66. The Balaban J connectivity index is 1.40. The van der Waals surface area contributed by atoms with Crippen molar-refractivity contribution >= 4 is 28.8 Å². The summed E-state index contributed by atoms with van der Waals surface area (Å²) < 4.78 is 60.7. The molecular formula is C23H21ClF4N6O2. The van der Waals surface area contributed by atoms with Gasteiger partial charge in [0, 0.05) is 18.7 Å². The Hall–Kier alpha value is -3.25. The summed E-state index contributed by atoms with van der Waals surface area (Å²) in [5.41, 5.74) is -0.275. The van der Waals surface area contributed by atoms with Crippen LogP contribution in [0.25, 0.3) is 0 Å². The third-order valence-electron chi connectivity index (χ3n) is 6.24. The van der Waals surface area contributed by atoms with E-state index in [1.165, 1.54) is 17.2 Å². The number of anilines is 3. The highest BCUT2D eigenvalue weighted by Gasteiger charge is 2.34. The first-order valence-corrected chi connectivity index (χ1v) is 11.7. The quantitative estimate of drug-likeness (QED) is 0.488. The van der Waals surface area contributed by atoms with Gasteiger partial charge in [-0.25, -0.2) is 14.4 Å². The number of benzene rings is 1. The fourth-order valence-corrected chi connectivity index (χ4v) is 4.69. The monoisotopic (exact) mass is 524 g/mol. The molecule has 1 saturated heterocycles. The average Bonchev–Trinajstić information content (AvgIpc) is 2.86. The molecule has 0 radical (unpaired) electrons. The molecule has 2 aliphatic rings. The minimum Gasteiger partial charge on any atom is -0.363 e. The predicted molar refractivity (Wildman–Crippen MR) is 124 cm³/mol. The Morgan fingerprint density at radius 3 is 2.78 bits per heavy atom. The lowest BCUT2D eigenvalue weighted by molar-refractivity contribution is -0.137. The van der Waals surface area contributed by atoms with Gasteiger partial charge in [-0.2, -0.15) is 23.0 Å². The lowest BCUT2D eigenvalue weighted by Crippen LogP contribution is -2.36. The van der Waals surface area contributed by atoms with Crippen molar-refractivity contribution in [3.63, 3.8) is 0 Å². The fourth-order valence-electron chi connectivity index (χ4n) is 4.43. The van der Waals surface area contributed by atoms with Crippen LogP contribution >= 0.6 is 11.6 Å². The van der Waals surface area contributed by atoms with Crippen molar-refractivity contribution in [2.24, 2.45) is 0 Å². The van der Waals surface area contributed by atoms with Crippen LogP contribution in [0.5, 0.6) is 0 Å². The van der Waals surface area contributed by atoms with Crippen LogP contribution in [0, 0.1) is 5.82 Å². The molecule has 0 amide bonds. The number of aromatic nitrogens is 4. The van der Waals surface area contributed by atoms with Gasteiger partial charge in [-0.1, -0.05) is 11.6 Å². The van der Waals surface area contributed by atoms with Gasteiger partial charge in [-0.15, -0.1) is 0 Å². The van der Waals surface area contributed by atoms with Gasteiger partial charge in [0.15, 0.2) is 6.23 Å². The van der Waals surface area contributed by atoms with Gasteiger partial charge < -0.3 is 15.0 Å². The van der Waals surface area contributed by atoms with Crippen LogP contribution in [0.2, 0.25) is 5.02 Å². The zero-order valence-electron chi connectivity index (χ0n) is 18.9. The van der Waals surface area contributed by atoms with Crippen molar-refractivity contribution in [1.82, 2.24) is 19.7 Å². The average molecular weight is 525 g/mol. The maximum atomic E-state index is 13.5. The fraction of sp³-hybridized carbons (Fsp3) is 0.391. The summed E-state index contributed by atoms with van der Waals surface area (Å²) in [6.07, 6.45) is 0.459. The first-order chi connectivity index (χ1) is 17.2. The minimum absolute atomic E-state index is 0.0103. The second-order valence-electron chi connectivity index (χ2n) is 8.55. The summed E-state index contributed by atoms with van der Waals surface area (Å²) in [7, 11) is 0. The number of nitrogens with one attached hydrogen (secondary N) is 1. The molecule has 1 aromatic carbocycles. The van der Waals surface area contributed by atoms with Crippen LogP contribution < -0.4 is 15.8 Å². The molecule has 4 heterocycles. The zero-order valence-corrected chi connectivity index (χ0v) is 19.6. The molecule has 1 atom stereocenters. The number of hydrogen-bond acceptors (Lipinski definition) is 7. The topological polar surface area (TPSA) is 85.2 Å². The molecule has 2 aromatic heterocycles. The van der Waals surface area contributed by atoms with Crippen molar-refractivity contribution in [2.45, 2.75) is 44.6 Å². The second-order valence-corrected chi connectivity index (χ2v) is 8.92. The minimum atomic E-state index is -4.75. The van der Waals surface area contributed by atoms with E-state index in [9.17, 15) is 22.4 Å². The van der Waals surface area contributed by atoms with Crippen LogP contribution in [-0.2, 0) is 23.9 Å². The Morgan fingerprint density at radius 1 is 1.19 bits per heavy atom. The van der Waals surface area contributed by atoms with Crippen molar-refractivity contribution in [3.05, 3.63) is 68.7 Å². The summed E-state index contributed by atoms with van der Waals surface area (Å²) in [4.78, 5) is 23.1. The van der Waals surface area contributed by atoms with Crippen molar-refractivity contribution in [1.29, 1.82) is 0 Å². The molecule has 36 heavy (non-hydrogen) atoms. The number of rotatable bonds is 4. The number of fused-ring (bicyclic) bond motifs is 1. The van der Waals surface area contributed by atoms with Crippen LogP contribution in [0.15, 0.2) is 35.5 Å². The van der Waals surface area contributed by atoms with Gasteiger partial charge in [-0.05, 0) is 43.9 Å². The molecule has 5 rings (SSSR count). The molecular weight excluding hydrogens is 504 g/mol. The van der Waals surface area contributed by atoms with Crippen molar-refractivity contribution in [2.75, 3.05) is 23.4 Å². The Labute approximate surface area is 207 Å². The van der Waals surface area contributed by atoms with Gasteiger partial charge in [0.05, 0.1) is 35.4 Å². The smallest absolute Gasteiger partial charge is 0.363 e. The summed E-state index contributed by atoms with van der Waals surface area (Å²) in [5, 5.41) is 6.98. The van der Waals surface area contributed by atoms with E-state index in [1.807, 2.05) is 4.90 Å². The summed E-state index contributed by atoms with van der Waals surface area (Å²) in [6.45, 7) is 1.20. The predicted octanol–water partition coefficient (Wildman–Crippen LogP) is 4.85. The van der Waals surface area contributed by atoms with Crippen LogP contribution in [0.1, 0.15) is 42.3 Å². The largest absolute Gasteiger partial charge is 0.418 e. The highest BCUT2D eigenvalue weighted by atomic mass is 35.5. The molecule has 0 saturated carbocycles. The van der Waals surface area contributed by atoms with E-state index >= 15 is 0 Å². The highest BCUT2D eigenvalue weighted by Crippen LogP contribution is 2.37. The van der Waals surface area contributed by atoms with Crippen molar-refractivity contribution < 1.29 is 22.3 Å². The maximum Gasteiger partial charge on any atom is 0.418 e. The van der Waals surface area contributed by atoms with Gasteiger partial charge in [0.2, 0.25) is 0 Å². The number of ether oxygens (including phenoxy) is 1. The SMILES string of the molecule is O=c1c(Cl)c(N2CCc3c(ncnc3Nc3ccc(F)cc3C(F)(F)F)C2)cnn1C1CCCCO1. The Morgan fingerprint density at radius 2 is 2.03 bits per heavy atom. The first-order valence-electron chi connectivity index (χ1n) is 11.3. The van der Waals surface area contributed by atoms with E-state index in [4.69, 9.17) is 16.3 Å². The molecule has 1 unspecified atom stereocenters. The standard InChI is InChI=1S/C23H21ClF4N6O2/c24-20-18(10-31-34(22(20)35)19-3-1-2-8-36-19)33-7-6-14-17(11-33)29-12-30-21(14)32-16-5-4-13(25)9-15(16)23(26,27)28/h4-5,9-10,12,19H,1-3,6-8,11H2,(H,29,30,32).